The summed E-state index contributed by atoms with van der Waals surface area (Å²) in [6, 6.07) is 6.10. The van der Waals surface area contributed by atoms with E-state index in [1.165, 1.54) is 51.1 Å². The predicted octanol–water partition coefficient (Wildman–Crippen LogP) is 2.30. The number of hydrogen-bond acceptors (Lipinski definition) is 6. The molecule has 0 unspecified atom stereocenters. The Hall–Kier alpha value is -3.53. The molecule has 2 aromatic heterocycles. The summed E-state index contributed by atoms with van der Waals surface area (Å²) in [5, 5.41) is 11.1. The lowest BCUT2D eigenvalue weighted by Crippen LogP contribution is -2.58. The number of halogens is 1. The summed E-state index contributed by atoms with van der Waals surface area (Å²) >= 11 is 1.25. The number of carbonyl (C=O) groups is 2. The average molecular weight is 471 g/mol. The molecule has 33 heavy (non-hydrogen) atoms. The van der Waals surface area contributed by atoms with Gasteiger partial charge in [0.2, 0.25) is 11.3 Å². The standard InChI is InChI=1S/C23H23FN4O4S/c1-23(22(32)26(2)3)12-27(4)21(31)17-19(30)18(29)16(11-28(17)23)20-25-10-15(33-20)9-13-5-7-14(24)8-6-13/h5-8,10-11,30H,9,12H2,1-4H3/t23-/m1/s1. The zero-order valence-electron chi connectivity index (χ0n) is 18.6. The van der Waals surface area contributed by atoms with E-state index in [1.54, 1.807) is 39.3 Å². The molecule has 172 valence electrons. The van der Waals surface area contributed by atoms with Crippen LogP contribution in [0.1, 0.15) is 27.9 Å². The summed E-state index contributed by atoms with van der Waals surface area (Å²) in [7, 11) is 4.73. The lowest BCUT2D eigenvalue weighted by molar-refractivity contribution is -0.138. The number of thiazole rings is 1. The van der Waals surface area contributed by atoms with E-state index in [1.807, 2.05) is 0 Å². The fourth-order valence-corrected chi connectivity index (χ4v) is 5.06. The van der Waals surface area contributed by atoms with Gasteiger partial charge in [0.15, 0.2) is 11.4 Å². The van der Waals surface area contributed by atoms with E-state index >= 15 is 0 Å². The number of amides is 2. The summed E-state index contributed by atoms with van der Waals surface area (Å²) in [6.07, 6.45) is 3.55. The largest absolute Gasteiger partial charge is 0.503 e. The summed E-state index contributed by atoms with van der Waals surface area (Å²) in [4.78, 5) is 46.8. The monoisotopic (exact) mass is 470 g/mol. The van der Waals surface area contributed by atoms with Crippen LogP contribution in [0.25, 0.3) is 10.6 Å². The highest BCUT2D eigenvalue weighted by Gasteiger charge is 2.46. The van der Waals surface area contributed by atoms with Crippen LogP contribution in [0.5, 0.6) is 5.75 Å². The molecule has 0 aliphatic carbocycles. The number of hydrogen-bond donors (Lipinski definition) is 1. The maximum Gasteiger partial charge on any atom is 0.274 e. The predicted molar refractivity (Wildman–Crippen MR) is 122 cm³/mol. The molecule has 0 bridgehead atoms. The number of carbonyl (C=O) groups excluding carboxylic acids is 2. The van der Waals surface area contributed by atoms with E-state index in [-0.39, 0.29) is 29.5 Å². The Labute approximate surface area is 193 Å². The molecule has 1 aromatic carbocycles. The molecular formula is C23H23FN4O4S. The number of pyridine rings is 1. The molecule has 0 spiro atoms. The molecule has 0 saturated carbocycles. The molecule has 0 radical (unpaired) electrons. The second-order valence-electron chi connectivity index (χ2n) is 8.51. The maximum atomic E-state index is 13.2. The Balaban J connectivity index is 1.82. The minimum absolute atomic E-state index is 0.0747. The number of likely N-dealkylation sites (N-methyl/N-ethyl adjacent to an activating group) is 2. The molecule has 1 N–H and O–H groups in total. The van der Waals surface area contributed by atoms with E-state index in [4.69, 9.17) is 0 Å². The molecule has 2 amide bonds. The van der Waals surface area contributed by atoms with Gasteiger partial charge in [0.25, 0.3) is 5.91 Å². The number of aromatic nitrogens is 2. The SMILES string of the molecule is CN(C)C(=O)[C@@]1(C)CN(C)C(=O)c2c(O)c(=O)c(-c3ncc(Cc4ccc(F)cc4)s3)cn21. The number of aromatic hydroxyl groups is 1. The van der Waals surface area contributed by atoms with Crippen molar-refractivity contribution in [1.82, 2.24) is 19.4 Å². The lowest BCUT2D eigenvalue weighted by Gasteiger charge is -2.42. The summed E-state index contributed by atoms with van der Waals surface area (Å²) in [5.41, 5.74) is -1.20. The van der Waals surface area contributed by atoms with E-state index < -0.39 is 22.6 Å². The third-order valence-electron chi connectivity index (χ3n) is 5.75. The van der Waals surface area contributed by atoms with Crippen molar-refractivity contribution in [3.63, 3.8) is 0 Å². The Bertz CT molecular complexity index is 1310. The van der Waals surface area contributed by atoms with Gasteiger partial charge in [0, 0.05) is 44.8 Å². The van der Waals surface area contributed by atoms with Crippen LogP contribution in [0.15, 0.2) is 41.5 Å². The van der Waals surface area contributed by atoms with Crippen molar-refractivity contribution in [3.05, 3.63) is 68.8 Å². The minimum atomic E-state index is -1.23. The molecule has 1 atom stereocenters. The van der Waals surface area contributed by atoms with Gasteiger partial charge >= 0.3 is 0 Å². The van der Waals surface area contributed by atoms with Crippen LogP contribution in [0.3, 0.4) is 0 Å². The number of benzene rings is 1. The van der Waals surface area contributed by atoms with E-state index in [2.05, 4.69) is 4.98 Å². The molecule has 1 aliphatic heterocycles. The fraction of sp³-hybridized carbons (Fsp3) is 0.304. The molecule has 1 aliphatic rings. The Morgan fingerprint density at radius 3 is 2.58 bits per heavy atom. The Morgan fingerprint density at radius 1 is 1.27 bits per heavy atom. The molecular weight excluding hydrogens is 447 g/mol. The van der Waals surface area contributed by atoms with Crippen LogP contribution >= 0.6 is 11.3 Å². The van der Waals surface area contributed by atoms with Gasteiger partial charge in [-0.1, -0.05) is 12.1 Å². The first-order valence-corrected chi connectivity index (χ1v) is 11.0. The van der Waals surface area contributed by atoms with Gasteiger partial charge in [-0.15, -0.1) is 11.3 Å². The fourth-order valence-electron chi connectivity index (χ4n) is 4.11. The van der Waals surface area contributed by atoms with Gasteiger partial charge in [-0.2, -0.15) is 0 Å². The third kappa shape index (κ3) is 3.80. The highest BCUT2D eigenvalue weighted by atomic mass is 32.1. The van der Waals surface area contributed by atoms with Crippen molar-refractivity contribution in [3.8, 4) is 16.3 Å². The Kier molecular flexibility index (Phi) is 5.57. The van der Waals surface area contributed by atoms with Gasteiger partial charge in [-0.3, -0.25) is 14.4 Å². The molecule has 10 heteroatoms. The second-order valence-corrected chi connectivity index (χ2v) is 9.62. The second kappa shape index (κ2) is 8.11. The number of nitrogens with zero attached hydrogens (tertiary/aromatic N) is 4. The smallest absolute Gasteiger partial charge is 0.274 e. The first-order valence-electron chi connectivity index (χ1n) is 10.2. The van der Waals surface area contributed by atoms with Crippen LogP contribution in [0, 0.1) is 5.82 Å². The van der Waals surface area contributed by atoms with Crippen molar-refractivity contribution in [2.24, 2.45) is 0 Å². The van der Waals surface area contributed by atoms with Gasteiger partial charge in [-0.25, -0.2) is 9.37 Å². The van der Waals surface area contributed by atoms with Crippen molar-refractivity contribution >= 4 is 23.2 Å². The topological polar surface area (TPSA) is 95.7 Å². The van der Waals surface area contributed by atoms with Crippen LogP contribution in [0.2, 0.25) is 0 Å². The third-order valence-corrected chi connectivity index (χ3v) is 6.78. The zero-order chi connectivity index (χ0) is 24.1. The molecule has 4 rings (SSSR count). The van der Waals surface area contributed by atoms with Gasteiger partial charge in [-0.05, 0) is 24.6 Å². The van der Waals surface area contributed by atoms with Gasteiger partial charge < -0.3 is 19.5 Å². The molecule has 3 heterocycles. The van der Waals surface area contributed by atoms with E-state index in [0.717, 1.165) is 10.4 Å². The molecule has 8 nitrogen and oxygen atoms in total. The van der Waals surface area contributed by atoms with Crippen molar-refractivity contribution < 1.29 is 19.1 Å². The number of rotatable bonds is 4. The molecule has 3 aromatic rings. The summed E-state index contributed by atoms with van der Waals surface area (Å²) in [5.74, 6) is -1.86. The average Bonchev–Trinajstić information content (AvgIpc) is 3.23. The highest BCUT2D eigenvalue weighted by Crippen LogP contribution is 2.34. The summed E-state index contributed by atoms with van der Waals surface area (Å²) in [6.45, 7) is 1.74. The van der Waals surface area contributed by atoms with E-state index in [9.17, 15) is 23.9 Å². The molecule has 0 saturated heterocycles. The van der Waals surface area contributed by atoms with Crippen LogP contribution in [0.4, 0.5) is 4.39 Å². The normalized spacial score (nSPS) is 17.7. The van der Waals surface area contributed by atoms with Gasteiger partial charge in [0.05, 0.1) is 12.1 Å². The first kappa shape index (κ1) is 22.7. The van der Waals surface area contributed by atoms with Crippen LogP contribution < -0.4 is 5.43 Å². The van der Waals surface area contributed by atoms with E-state index in [0.29, 0.717) is 11.4 Å². The lowest BCUT2D eigenvalue weighted by atomic mass is 9.94. The summed E-state index contributed by atoms with van der Waals surface area (Å²) < 4.78 is 14.6. The molecule has 0 fully saturated rings. The van der Waals surface area contributed by atoms with Crippen molar-refractivity contribution in [1.29, 1.82) is 0 Å². The van der Waals surface area contributed by atoms with Crippen molar-refractivity contribution in [2.45, 2.75) is 18.9 Å². The quantitative estimate of drug-likeness (QED) is 0.631. The number of fused-ring (bicyclic) bond motifs is 1. The van der Waals surface area contributed by atoms with Gasteiger partial charge in [0.1, 0.15) is 16.4 Å². The van der Waals surface area contributed by atoms with Crippen LogP contribution in [-0.2, 0) is 16.8 Å². The maximum absolute atomic E-state index is 13.2. The Morgan fingerprint density at radius 2 is 1.94 bits per heavy atom. The van der Waals surface area contributed by atoms with Crippen LogP contribution in [-0.4, -0.2) is 64.0 Å². The minimum Gasteiger partial charge on any atom is -0.503 e. The highest BCUT2D eigenvalue weighted by molar-refractivity contribution is 7.15. The zero-order valence-corrected chi connectivity index (χ0v) is 19.4. The van der Waals surface area contributed by atoms with Crippen molar-refractivity contribution in [2.75, 3.05) is 27.7 Å². The first-order chi connectivity index (χ1) is 15.5.